The molecule has 0 fully saturated rings. The van der Waals surface area contributed by atoms with Crippen LogP contribution in [0.1, 0.15) is 16.8 Å². The number of aromatic amines is 1. The third-order valence-electron chi connectivity index (χ3n) is 2.19. The molecule has 0 bridgehead atoms. The molecule has 2 rings (SSSR count). The largest absolute Gasteiger partial charge is 0.345 e. The Kier molecular flexibility index (Phi) is 2.19. The summed E-state index contributed by atoms with van der Waals surface area (Å²) in [5.74, 6) is 0. The summed E-state index contributed by atoms with van der Waals surface area (Å²) in [5.41, 5.74) is 4.32. The van der Waals surface area contributed by atoms with Gasteiger partial charge in [0.15, 0.2) is 0 Å². The normalized spacial score (nSPS) is 10.1. The van der Waals surface area contributed by atoms with Crippen LogP contribution in [0.15, 0.2) is 43.4 Å². The second-order valence-electron chi connectivity index (χ2n) is 3.31. The van der Waals surface area contributed by atoms with E-state index < -0.39 is 0 Å². The highest BCUT2D eigenvalue weighted by atomic mass is 14.9. The van der Waals surface area contributed by atoms with Gasteiger partial charge in [0.25, 0.3) is 0 Å². The summed E-state index contributed by atoms with van der Waals surface area (Å²) in [6.45, 7) is 6.11. The van der Waals surface area contributed by atoms with Crippen molar-refractivity contribution in [2.75, 3.05) is 0 Å². The monoisotopic (exact) mass is 184 g/mol. The average molecular weight is 184 g/mol. The fourth-order valence-corrected chi connectivity index (χ4v) is 1.41. The van der Waals surface area contributed by atoms with Crippen molar-refractivity contribution in [1.82, 2.24) is 9.97 Å². The zero-order chi connectivity index (χ0) is 9.97. The molecular weight excluding hydrogens is 172 g/mol. The van der Waals surface area contributed by atoms with Crippen LogP contribution in [0.4, 0.5) is 0 Å². The third-order valence-corrected chi connectivity index (χ3v) is 2.19. The van der Waals surface area contributed by atoms with Crippen molar-refractivity contribution in [2.45, 2.75) is 6.92 Å². The molecule has 0 unspecified atom stereocenters. The summed E-state index contributed by atoms with van der Waals surface area (Å²) in [5, 5.41) is 0. The second-order valence-corrected chi connectivity index (χ2v) is 3.31. The van der Waals surface area contributed by atoms with Crippen molar-refractivity contribution in [1.29, 1.82) is 0 Å². The van der Waals surface area contributed by atoms with E-state index in [2.05, 4.69) is 41.7 Å². The van der Waals surface area contributed by atoms with Gasteiger partial charge in [-0.25, -0.2) is 4.98 Å². The molecule has 0 aliphatic rings. The maximum absolute atomic E-state index is 4.04. The minimum absolute atomic E-state index is 0.968. The molecule has 2 nitrogen and oxygen atoms in total. The Labute approximate surface area is 83.3 Å². The van der Waals surface area contributed by atoms with Gasteiger partial charge in [0.05, 0.1) is 18.2 Å². The molecule has 0 saturated heterocycles. The van der Waals surface area contributed by atoms with E-state index in [1.807, 2.05) is 6.07 Å². The Morgan fingerprint density at radius 3 is 2.93 bits per heavy atom. The Morgan fingerprint density at radius 2 is 2.29 bits per heavy atom. The first-order chi connectivity index (χ1) is 6.77. The van der Waals surface area contributed by atoms with E-state index in [1.165, 1.54) is 5.56 Å². The van der Waals surface area contributed by atoms with E-state index in [0.717, 1.165) is 16.8 Å². The smallest absolute Gasteiger partial charge is 0.0924 e. The fraction of sp³-hybridized carbons (Fsp3) is 0.0833. The number of rotatable bonds is 2. The molecule has 2 aromatic rings. The van der Waals surface area contributed by atoms with Gasteiger partial charge < -0.3 is 4.98 Å². The highest BCUT2D eigenvalue weighted by molar-refractivity contribution is 5.75. The summed E-state index contributed by atoms with van der Waals surface area (Å²) in [7, 11) is 0. The van der Waals surface area contributed by atoms with Gasteiger partial charge in [-0.3, -0.25) is 0 Å². The molecule has 1 aromatic heterocycles. The van der Waals surface area contributed by atoms with Crippen molar-refractivity contribution in [2.24, 2.45) is 0 Å². The van der Waals surface area contributed by atoms with Gasteiger partial charge in [0.1, 0.15) is 0 Å². The molecule has 0 aliphatic carbocycles. The summed E-state index contributed by atoms with van der Waals surface area (Å²) in [6, 6.07) is 8.27. The number of nitrogens with zero attached hydrogens (tertiary/aromatic N) is 1. The molecule has 0 aliphatic heterocycles. The summed E-state index contributed by atoms with van der Waals surface area (Å²) < 4.78 is 0. The van der Waals surface area contributed by atoms with Crippen LogP contribution in [-0.4, -0.2) is 9.97 Å². The molecule has 14 heavy (non-hydrogen) atoms. The van der Waals surface area contributed by atoms with Crippen molar-refractivity contribution in [3.8, 4) is 0 Å². The number of imidazole rings is 1. The molecule has 0 atom stereocenters. The predicted molar refractivity (Wildman–Crippen MR) is 57.9 cm³/mol. The first-order valence-corrected chi connectivity index (χ1v) is 4.52. The number of hydrogen-bond acceptors (Lipinski definition) is 1. The van der Waals surface area contributed by atoms with Crippen LogP contribution in [0.25, 0.3) is 5.57 Å². The number of aryl methyl sites for hydroxylation is 1. The van der Waals surface area contributed by atoms with Gasteiger partial charge in [-0.2, -0.15) is 0 Å². The number of aromatic nitrogens is 2. The maximum atomic E-state index is 4.04. The van der Waals surface area contributed by atoms with E-state index in [0.29, 0.717) is 0 Å². The minimum Gasteiger partial charge on any atom is -0.345 e. The number of H-pyrrole nitrogens is 1. The molecule has 70 valence electrons. The van der Waals surface area contributed by atoms with Gasteiger partial charge in [-0.1, -0.05) is 36.4 Å². The van der Waals surface area contributed by atoms with E-state index in [9.17, 15) is 0 Å². The van der Waals surface area contributed by atoms with Gasteiger partial charge in [-0.15, -0.1) is 0 Å². The van der Waals surface area contributed by atoms with Crippen LogP contribution in [0.2, 0.25) is 0 Å². The fourth-order valence-electron chi connectivity index (χ4n) is 1.41. The molecule has 0 saturated carbocycles. The Bertz CT molecular complexity index is 441. The lowest BCUT2D eigenvalue weighted by molar-refractivity contribution is 1.30. The molecular formula is C12H12N2. The van der Waals surface area contributed by atoms with Gasteiger partial charge in [-0.05, 0) is 18.1 Å². The third kappa shape index (κ3) is 1.59. The first-order valence-electron chi connectivity index (χ1n) is 4.52. The zero-order valence-corrected chi connectivity index (χ0v) is 8.12. The standard InChI is InChI=1S/C12H12N2/c1-9-4-3-5-11(6-9)10(2)12-7-13-8-14-12/h3-8H,2H2,1H3,(H,13,14). The van der Waals surface area contributed by atoms with Crippen LogP contribution < -0.4 is 0 Å². The zero-order valence-electron chi connectivity index (χ0n) is 8.12. The van der Waals surface area contributed by atoms with E-state index in [1.54, 1.807) is 12.5 Å². The molecule has 1 heterocycles. The van der Waals surface area contributed by atoms with Gasteiger partial charge >= 0.3 is 0 Å². The molecule has 2 heteroatoms. The summed E-state index contributed by atoms with van der Waals surface area (Å²) >= 11 is 0. The van der Waals surface area contributed by atoms with Crippen molar-refractivity contribution in [3.05, 3.63) is 60.2 Å². The van der Waals surface area contributed by atoms with E-state index in [4.69, 9.17) is 0 Å². The van der Waals surface area contributed by atoms with Gasteiger partial charge in [0.2, 0.25) is 0 Å². The summed E-state index contributed by atoms with van der Waals surface area (Å²) in [6.07, 6.45) is 3.45. The van der Waals surface area contributed by atoms with Crippen LogP contribution in [0.3, 0.4) is 0 Å². The lowest BCUT2D eigenvalue weighted by Crippen LogP contribution is -1.86. The Balaban J connectivity index is 2.37. The van der Waals surface area contributed by atoms with Crippen LogP contribution in [0.5, 0.6) is 0 Å². The molecule has 1 N–H and O–H groups in total. The molecule has 0 spiro atoms. The van der Waals surface area contributed by atoms with Crippen LogP contribution >= 0.6 is 0 Å². The van der Waals surface area contributed by atoms with E-state index in [-0.39, 0.29) is 0 Å². The lowest BCUT2D eigenvalue weighted by Gasteiger charge is -2.03. The number of benzene rings is 1. The lowest BCUT2D eigenvalue weighted by atomic mass is 10.0. The highest BCUT2D eigenvalue weighted by Crippen LogP contribution is 2.19. The van der Waals surface area contributed by atoms with Gasteiger partial charge in [0, 0.05) is 0 Å². The average Bonchev–Trinajstić information content (AvgIpc) is 2.69. The molecule has 1 aromatic carbocycles. The van der Waals surface area contributed by atoms with Crippen LogP contribution in [-0.2, 0) is 0 Å². The quantitative estimate of drug-likeness (QED) is 0.763. The number of nitrogens with one attached hydrogen (secondary N) is 1. The predicted octanol–water partition coefficient (Wildman–Crippen LogP) is 2.78. The maximum Gasteiger partial charge on any atom is 0.0924 e. The first kappa shape index (κ1) is 8.75. The van der Waals surface area contributed by atoms with Crippen molar-refractivity contribution >= 4 is 5.57 Å². The van der Waals surface area contributed by atoms with Crippen molar-refractivity contribution < 1.29 is 0 Å². The Morgan fingerprint density at radius 1 is 1.43 bits per heavy atom. The molecule has 0 amide bonds. The summed E-state index contributed by atoms with van der Waals surface area (Å²) in [4.78, 5) is 7.02. The topological polar surface area (TPSA) is 28.7 Å². The minimum atomic E-state index is 0.968. The Hall–Kier alpha value is -1.83. The second kappa shape index (κ2) is 3.50. The molecule has 0 radical (unpaired) electrons. The van der Waals surface area contributed by atoms with E-state index >= 15 is 0 Å². The highest BCUT2D eigenvalue weighted by Gasteiger charge is 2.02. The number of hydrogen-bond donors (Lipinski definition) is 1. The van der Waals surface area contributed by atoms with Crippen LogP contribution in [0, 0.1) is 6.92 Å². The van der Waals surface area contributed by atoms with Crippen molar-refractivity contribution in [3.63, 3.8) is 0 Å². The SMILES string of the molecule is C=C(c1cccc(C)c1)c1cnc[nH]1.